The third-order valence-electron chi connectivity index (χ3n) is 2.04. The van der Waals surface area contributed by atoms with Gasteiger partial charge in [0.05, 0.1) is 11.5 Å². The monoisotopic (exact) mass is 285 g/mol. The predicted octanol–water partition coefficient (Wildman–Crippen LogP) is 2.42. The summed E-state index contributed by atoms with van der Waals surface area (Å²) in [5, 5.41) is 14.3. The summed E-state index contributed by atoms with van der Waals surface area (Å²) in [5.41, 5.74) is -0.326. The molecular weight excluding hydrogens is 278 g/mol. The van der Waals surface area contributed by atoms with Crippen LogP contribution in [0.5, 0.6) is 0 Å². The lowest BCUT2D eigenvalue weighted by Gasteiger charge is -2.04. The van der Waals surface area contributed by atoms with E-state index < -0.39 is 4.92 Å². The lowest BCUT2D eigenvalue weighted by atomic mass is 10.4. The smallest absolute Gasteiger partial charge is 0.348 e. The summed E-state index contributed by atoms with van der Waals surface area (Å²) in [6.07, 6.45) is 2.91. The van der Waals surface area contributed by atoms with Gasteiger partial charge in [0.15, 0.2) is 0 Å². The maximum atomic E-state index is 10.8. The summed E-state index contributed by atoms with van der Waals surface area (Å²) in [7, 11) is 0. The van der Waals surface area contributed by atoms with Crippen LogP contribution in [0.2, 0.25) is 5.15 Å². The van der Waals surface area contributed by atoms with Crippen molar-refractivity contribution in [1.29, 1.82) is 0 Å². The first-order valence-corrected chi connectivity index (χ1v) is 6.07. The van der Waals surface area contributed by atoms with E-state index in [-0.39, 0.29) is 16.7 Å². The molecule has 2 aromatic heterocycles. The molecule has 94 valence electrons. The molecule has 0 radical (unpaired) electrons. The molecule has 0 aliphatic heterocycles. The molecule has 7 nitrogen and oxygen atoms in total. The van der Waals surface area contributed by atoms with E-state index in [1.165, 1.54) is 17.7 Å². The van der Waals surface area contributed by atoms with Crippen molar-refractivity contribution >= 4 is 34.4 Å². The molecule has 1 N–H and O–H groups in total. The molecular formula is C9H8ClN5O2S. The van der Waals surface area contributed by atoms with Gasteiger partial charge in [0.2, 0.25) is 11.0 Å². The Balaban J connectivity index is 2.19. The molecule has 0 saturated heterocycles. The standard InChI is InChI=1S/C9H8ClN5O2S/c1-5-2-11-6(18-5)3-12-9-7(15(16)17)8(10)13-4-14-9/h2,4H,3H2,1H3,(H,12,13,14). The van der Waals surface area contributed by atoms with Gasteiger partial charge >= 0.3 is 5.69 Å². The molecule has 0 saturated carbocycles. The molecule has 2 rings (SSSR count). The first kappa shape index (κ1) is 12.7. The first-order chi connectivity index (χ1) is 8.58. The fourth-order valence-corrected chi connectivity index (χ4v) is 2.22. The Morgan fingerprint density at radius 2 is 2.28 bits per heavy atom. The van der Waals surface area contributed by atoms with Crippen LogP contribution in [0.15, 0.2) is 12.5 Å². The summed E-state index contributed by atoms with van der Waals surface area (Å²) < 4.78 is 0. The number of rotatable bonds is 4. The molecule has 0 aliphatic rings. The molecule has 18 heavy (non-hydrogen) atoms. The molecule has 9 heteroatoms. The van der Waals surface area contributed by atoms with Gasteiger partial charge in [0.1, 0.15) is 11.3 Å². The van der Waals surface area contributed by atoms with Gasteiger partial charge in [-0.15, -0.1) is 11.3 Å². The topological polar surface area (TPSA) is 93.8 Å². The third kappa shape index (κ3) is 2.71. The molecule has 0 bridgehead atoms. The summed E-state index contributed by atoms with van der Waals surface area (Å²) in [6, 6.07) is 0. The number of hydrogen-bond acceptors (Lipinski definition) is 7. The highest BCUT2D eigenvalue weighted by Gasteiger charge is 2.21. The molecule has 2 aromatic rings. The maximum Gasteiger partial charge on any atom is 0.348 e. The lowest BCUT2D eigenvalue weighted by Crippen LogP contribution is -2.05. The van der Waals surface area contributed by atoms with Gasteiger partial charge in [0, 0.05) is 11.1 Å². The van der Waals surface area contributed by atoms with Crippen molar-refractivity contribution in [2.45, 2.75) is 13.5 Å². The highest BCUT2D eigenvalue weighted by Crippen LogP contribution is 2.28. The summed E-state index contributed by atoms with van der Waals surface area (Å²) in [6.45, 7) is 2.29. The second-order valence-electron chi connectivity index (χ2n) is 3.34. The van der Waals surface area contributed by atoms with E-state index in [0.29, 0.717) is 6.54 Å². The van der Waals surface area contributed by atoms with Gasteiger partial charge in [-0.05, 0) is 6.92 Å². The first-order valence-electron chi connectivity index (χ1n) is 4.88. The number of hydrogen-bond donors (Lipinski definition) is 1. The van der Waals surface area contributed by atoms with Crippen molar-refractivity contribution in [3.8, 4) is 0 Å². The Hall–Kier alpha value is -1.80. The van der Waals surface area contributed by atoms with E-state index in [1.807, 2.05) is 6.92 Å². The van der Waals surface area contributed by atoms with Crippen LogP contribution in [-0.2, 0) is 6.54 Å². The van der Waals surface area contributed by atoms with Crippen LogP contribution in [0.3, 0.4) is 0 Å². The van der Waals surface area contributed by atoms with E-state index in [2.05, 4.69) is 20.3 Å². The minimum atomic E-state index is -0.613. The van der Waals surface area contributed by atoms with Crippen LogP contribution < -0.4 is 5.32 Å². The van der Waals surface area contributed by atoms with E-state index in [1.54, 1.807) is 6.20 Å². The van der Waals surface area contributed by atoms with Gasteiger partial charge in [-0.1, -0.05) is 11.6 Å². The highest BCUT2D eigenvalue weighted by atomic mass is 35.5. The molecule has 0 unspecified atom stereocenters. The zero-order valence-electron chi connectivity index (χ0n) is 9.25. The average Bonchev–Trinajstić information content (AvgIpc) is 2.72. The van der Waals surface area contributed by atoms with Gasteiger partial charge in [-0.25, -0.2) is 15.0 Å². The number of aromatic nitrogens is 3. The van der Waals surface area contributed by atoms with Gasteiger partial charge < -0.3 is 5.32 Å². The van der Waals surface area contributed by atoms with Crippen molar-refractivity contribution in [2.24, 2.45) is 0 Å². The maximum absolute atomic E-state index is 10.8. The Labute approximate surface area is 111 Å². The van der Waals surface area contributed by atoms with Gasteiger partial charge in [0.25, 0.3) is 0 Å². The van der Waals surface area contributed by atoms with Crippen LogP contribution in [0.1, 0.15) is 9.88 Å². The molecule has 0 spiro atoms. The predicted molar refractivity (Wildman–Crippen MR) is 67.9 cm³/mol. The normalized spacial score (nSPS) is 10.3. The van der Waals surface area contributed by atoms with Gasteiger partial charge in [-0.3, -0.25) is 10.1 Å². The number of nitrogens with one attached hydrogen (secondary N) is 1. The van der Waals surface area contributed by atoms with E-state index in [4.69, 9.17) is 11.6 Å². The van der Waals surface area contributed by atoms with Crippen LogP contribution in [0, 0.1) is 17.0 Å². The quantitative estimate of drug-likeness (QED) is 0.527. The van der Waals surface area contributed by atoms with Crippen molar-refractivity contribution in [2.75, 3.05) is 5.32 Å². The minimum absolute atomic E-state index is 0.0906. The Morgan fingerprint density at radius 3 is 2.89 bits per heavy atom. The zero-order chi connectivity index (χ0) is 13.1. The zero-order valence-corrected chi connectivity index (χ0v) is 10.8. The summed E-state index contributed by atoms with van der Waals surface area (Å²) in [4.78, 5) is 22.8. The fourth-order valence-electron chi connectivity index (χ4n) is 1.29. The van der Waals surface area contributed by atoms with Crippen molar-refractivity contribution in [1.82, 2.24) is 15.0 Å². The SMILES string of the molecule is Cc1cnc(CNc2ncnc(Cl)c2[N+](=O)[O-])s1. The number of halogens is 1. The number of aryl methyl sites for hydroxylation is 1. The Kier molecular flexibility index (Phi) is 3.68. The molecule has 0 aliphatic carbocycles. The van der Waals surface area contributed by atoms with Crippen molar-refractivity contribution in [3.63, 3.8) is 0 Å². The van der Waals surface area contributed by atoms with Crippen molar-refractivity contribution in [3.05, 3.63) is 37.7 Å². The molecule has 2 heterocycles. The number of anilines is 1. The largest absolute Gasteiger partial charge is 0.358 e. The number of nitro groups is 1. The van der Waals surface area contributed by atoms with E-state index in [9.17, 15) is 10.1 Å². The molecule has 0 fully saturated rings. The second-order valence-corrected chi connectivity index (χ2v) is 5.01. The molecule has 0 atom stereocenters. The van der Waals surface area contributed by atoms with Crippen LogP contribution in [0.25, 0.3) is 0 Å². The highest BCUT2D eigenvalue weighted by molar-refractivity contribution is 7.11. The second kappa shape index (κ2) is 5.23. The fraction of sp³-hybridized carbons (Fsp3) is 0.222. The Morgan fingerprint density at radius 1 is 1.50 bits per heavy atom. The van der Waals surface area contributed by atoms with Crippen molar-refractivity contribution < 1.29 is 4.92 Å². The molecule has 0 amide bonds. The number of thiazole rings is 1. The summed E-state index contributed by atoms with van der Waals surface area (Å²) >= 11 is 7.17. The van der Waals surface area contributed by atoms with E-state index >= 15 is 0 Å². The average molecular weight is 286 g/mol. The third-order valence-corrected chi connectivity index (χ3v) is 3.23. The summed E-state index contributed by atoms with van der Waals surface area (Å²) in [5.74, 6) is 0.0906. The van der Waals surface area contributed by atoms with Gasteiger partial charge in [-0.2, -0.15) is 0 Å². The number of nitrogens with zero attached hydrogens (tertiary/aromatic N) is 4. The van der Waals surface area contributed by atoms with E-state index in [0.717, 1.165) is 9.88 Å². The lowest BCUT2D eigenvalue weighted by molar-refractivity contribution is -0.384. The minimum Gasteiger partial charge on any atom is -0.358 e. The van der Waals surface area contributed by atoms with Crippen LogP contribution in [-0.4, -0.2) is 19.9 Å². The van der Waals surface area contributed by atoms with Crippen LogP contribution in [0.4, 0.5) is 11.5 Å². The van der Waals surface area contributed by atoms with Crippen LogP contribution >= 0.6 is 22.9 Å². The molecule has 0 aromatic carbocycles. The Bertz CT molecular complexity index is 588.